The molecule has 4 nitrogen and oxygen atoms in total. The highest BCUT2D eigenvalue weighted by atomic mass is 35.5. The van der Waals surface area contributed by atoms with Gasteiger partial charge in [0.1, 0.15) is 5.88 Å². The number of carbonyl (C=O) groups excluding carboxylic acids is 1. The van der Waals surface area contributed by atoms with Crippen molar-refractivity contribution in [3.63, 3.8) is 0 Å². The molecule has 1 aromatic heterocycles. The first-order chi connectivity index (χ1) is 8.72. The molecule has 0 aliphatic carbocycles. The van der Waals surface area contributed by atoms with Crippen molar-refractivity contribution in [3.8, 4) is 5.69 Å². The van der Waals surface area contributed by atoms with Crippen LogP contribution in [0.25, 0.3) is 5.69 Å². The molecule has 1 amide bonds. The summed E-state index contributed by atoms with van der Waals surface area (Å²) >= 11 is 5.49. The average Bonchev–Trinajstić information content (AvgIpc) is 2.92. The molecule has 1 N–H and O–H groups in total. The zero-order valence-electron chi connectivity index (χ0n) is 10.0. The maximum atomic E-state index is 11.3. The van der Waals surface area contributed by atoms with E-state index in [1.165, 1.54) is 0 Å². The normalized spacial score (nSPS) is 12.1. The lowest BCUT2D eigenvalue weighted by Gasteiger charge is -2.17. The summed E-state index contributed by atoms with van der Waals surface area (Å²) in [5.74, 6) is -0.215. The number of nitrogens with one attached hydrogen (secondary N) is 1. The largest absolute Gasteiger partial charge is 0.348 e. The Morgan fingerprint density at radius 1 is 1.44 bits per heavy atom. The van der Waals surface area contributed by atoms with E-state index in [-0.39, 0.29) is 17.8 Å². The Morgan fingerprint density at radius 2 is 2.22 bits per heavy atom. The fraction of sp³-hybridized carbons (Fsp3) is 0.231. The number of hydrogen-bond donors (Lipinski definition) is 1. The van der Waals surface area contributed by atoms with Crippen molar-refractivity contribution in [2.24, 2.45) is 0 Å². The molecule has 1 atom stereocenters. The fourth-order valence-electron chi connectivity index (χ4n) is 1.83. The molecule has 0 spiro atoms. The molecule has 5 heteroatoms. The standard InChI is InChI=1S/C13H14ClN3O/c1-10(16-13(18)9-14)11-5-2-3-6-12(11)17-8-4-7-15-17/h2-8,10H,9H2,1H3,(H,16,18). The van der Waals surface area contributed by atoms with E-state index >= 15 is 0 Å². The van der Waals surface area contributed by atoms with Crippen LogP contribution in [0.4, 0.5) is 0 Å². The van der Waals surface area contributed by atoms with E-state index in [1.807, 2.05) is 43.5 Å². The molecule has 1 heterocycles. The number of benzene rings is 1. The third-order valence-corrected chi connectivity index (χ3v) is 2.90. The van der Waals surface area contributed by atoms with Crippen molar-refractivity contribution < 1.29 is 4.79 Å². The van der Waals surface area contributed by atoms with Crippen molar-refractivity contribution in [2.75, 3.05) is 5.88 Å². The van der Waals surface area contributed by atoms with Gasteiger partial charge in [0, 0.05) is 12.4 Å². The van der Waals surface area contributed by atoms with Gasteiger partial charge in [0.15, 0.2) is 0 Å². The Labute approximate surface area is 111 Å². The number of carbonyl (C=O) groups is 1. The van der Waals surface area contributed by atoms with Crippen LogP contribution in [0.1, 0.15) is 18.5 Å². The van der Waals surface area contributed by atoms with Crippen LogP contribution in [-0.2, 0) is 4.79 Å². The summed E-state index contributed by atoms with van der Waals surface area (Å²) in [6.45, 7) is 1.92. The van der Waals surface area contributed by atoms with Gasteiger partial charge in [-0.25, -0.2) is 4.68 Å². The number of amides is 1. The molecule has 1 aromatic carbocycles. The zero-order chi connectivity index (χ0) is 13.0. The highest BCUT2D eigenvalue weighted by Gasteiger charge is 2.13. The second kappa shape index (κ2) is 5.69. The maximum absolute atomic E-state index is 11.3. The summed E-state index contributed by atoms with van der Waals surface area (Å²) in [7, 11) is 0. The van der Waals surface area contributed by atoms with E-state index in [9.17, 15) is 4.79 Å². The van der Waals surface area contributed by atoms with Crippen molar-refractivity contribution in [1.82, 2.24) is 15.1 Å². The first kappa shape index (κ1) is 12.6. The van der Waals surface area contributed by atoms with Gasteiger partial charge < -0.3 is 5.32 Å². The Morgan fingerprint density at radius 3 is 2.89 bits per heavy atom. The first-order valence-electron chi connectivity index (χ1n) is 5.66. The fourth-order valence-corrected chi connectivity index (χ4v) is 1.91. The van der Waals surface area contributed by atoms with Gasteiger partial charge in [-0.05, 0) is 24.6 Å². The predicted octanol–water partition coefficient (Wildman–Crippen LogP) is 2.29. The second-order valence-electron chi connectivity index (χ2n) is 3.93. The van der Waals surface area contributed by atoms with Gasteiger partial charge in [-0.15, -0.1) is 11.6 Å². The summed E-state index contributed by atoms with van der Waals surface area (Å²) in [5, 5.41) is 7.04. The molecule has 0 radical (unpaired) electrons. The Balaban J connectivity index is 2.30. The van der Waals surface area contributed by atoms with E-state index in [0.29, 0.717) is 0 Å². The number of aromatic nitrogens is 2. The number of para-hydroxylation sites is 1. The molecule has 2 rings (SSSR count). The van der Waals surface area contributed by atoms with Crippen molar-refractivity contribution >= 4 is 17.5 Å². The topological polar surface area (TPSA) is 46.9 Å². The van der Waals surface area contributed by atoms with E-state index in [0.717, 1.165) is 11.3 Å². The smallest absolute Gasteiger partial charge is 0.235 e. The lowest BCUT2D eigenvalue weighted by atomic mass is 10.1. The third kappa shape index (κ3) is 2.71. The molecular formula is C13H14ClN3O. The molecule has 0 saturated carbocycles. The molecule has 0 bridgehead atoms. The van der Waals surface area contributed by atoms with Crippen LogP contribution in [0.15, 0.2) is 42.7 Å². The van der Waals surface area contributed by atoms with Crippen LogP contribution in [0.2, 0.25) is 0 Å². The number of hydrogen-bond acceptors (Lipinski definition) is 2. The van der Waals surface area contributed by atoms with Gasteiger partial charge in [0.25, 0.3) is 0 Å². The van der Waals surface area contributed by atoms with Crippen LogP contribution in [0.3, 0.4) is 0 Å². The summed E-state index contributed by atoms with van der Waals surface area (Å²) in [4.78, 5) is 11.3. The van der Waals surface area contributed by atoms with Crippen LogP contribution in [0.5, 0.6) is 0 Å². The first-order valence-corrected chi connectivity index (χ1v) is 6.20. The minimum Gasteiger partial charge on any atom is -0.348 e. The van der Waals surface area contributed by atoms with Gasteiger partial charge in [-0.3, -0.25) is 4.79 Å². The van der Waals surface area contributed by atoms with Crippen molar-refractivity contribution in [1.29, 1.82) is 0 Å². The Hall–Kier alpha value is -1.81. The Kier molecular flexibility index (Phi) is 3.99. The lowest BCUT2D eigenvalue weighted by Crippen LogP contribution is -2.28. The highest BCUT2D eigenvalue weighted by molar-refractivity contribution is 6.27. The summed E-state index contributed by atoms with van der Waals surface area (Å²) in [5.41, 5.74) is 1.95. The zero-order valence-corrected chi connectivity index (χ0v) is 10.8. The van der Waals surface area contributed by atoms with Gasteiger partial charge >= 0.3 is 0 Å². The number of halogens is 1. The third-order valence-electron chi connectivity index (χ3n) is 2.65. The maximum Gasteiger partial charge on any atom is 0.235 e. The summed E-state index contributed by atoms with van der Waals surface area (Å²) in [6.07, 6.45) is 3.59. The Bertz CT molecular complexity index is 525. The molecule has 1 unspecified atom stereocenters. The monoisotopic (exact) mass is 263 g/mol. The number of nitrogens with zero attached hydrogens (tertiary/aromatic N) is 2. The molecule has 0 saturated heterocycles. The molecule has 0 aliphatic rings. The van der Waals surface area contributed by atoms with Gasteiger partial charge in [-0.1, -0.05) is 18.2 Å². The van der Waals surface area contributed by atoms with Crippen LogP contribution in [-0.4, -0.2) is 21.6 Å². The SMILES string of the molecule is CC(NC(=O)CCl)c1ccccc1-n1cccn1. The quantitative estimate of drug-likeness (QED) is 0.861. The molecular weight excluding hydrogens is 250 g/mol. The van der Waals surface area contributed by atoms with Crippen LogP contribution >= 0.6 is 11.6 Å². The average molecular weight is 264 g/mol. The predicted molar refractivity (Wildman–Crippen MR) is 70.8 cm³/mol. The molecule has 94 valence electrons. The number of rotatable bonds is 4. The molecule has 18 heavy (non-hydrogen) atoms. The van der Waals surface area contributed by atoms with E-state index in [4.69, 9.17) is 11.6 Å². The van der Waals surface area contributed by atoms with E-state index < -0.39 is 0 Å². The highest BCUT2D eigenvalue weighted by Crippen LogP contribution is 2.20. The summed E-state index contributed by atoms with van der Waals surface area (Å²) < 4.78 is 1.78. The van der Waals surface area contributed by atoms with Gasteiger partial charge in [-0.2, -0.15) is 5.10 Å². The van der Waals surface area contributed by atoms with E-state index in [1.54, 1.807) is 10.9 Å². The van der Waals surface area contributed by atoms with Gasteiger partial charge in [0.2, 0.25) is 5.91 Å². The molecule has 0 aliphatic heterocycles. The molecule has 0 fully saturated rings. The minimum atomic E-state index is -0.181. The van der Waals surface area contributed by atoms with Crippen molar-refractivity contribution in [3.05, 3.63) is 48.3 Å². The van der Waals surface area contributed by atoms with Gasteiger partial charge in [0.05, 0.1) is 11.7 Å². The minimum absolute atomic E-state index is 0.0335. The second-order valence-corrected chi connectivity index (χ2v) is 4.20. The van der Waals surface area contributed by atoms with Crippen molar-refractivity contribution in [2.45, 2.75) is 13.0 Å². The van der Waals surface area contributed by atoms with E-state index in [2.05, 4.69) is 10.4 Å². The summed E-state index contributed by atoms with van der Waals surface area (Å²) in [6, 6.07) is 9.56. The van der Waals surface area contributed by atoms with Crippen LogP contribution in [0, 0.1) is 0 Å². The lowest BCUT2D eigenvalue weighted by molar-refractivity contribution is -0.119. The number of alkyl halides is 1. The molecule has 2 aromatic rings. The van der Waals surface area contributed by atoms with Crippen LogP contribution < -0.4 is 5.32 Å².